The van der Waals surface area contributed by atoms with Crippen molar-refractivity contribution in [3.8, 4) is 17.6 Å². The van der Waals surface area contributed by atoms with Crippen LogP contribution in [0.3, 0.4) is 0 Å². The maximum absolute atomic E-state index is 9.76. The zero-order chi connectivity index (χ0) is 14.7. The largest absolute Gasteiger partial charge is 0.455 e. The lowest BCUT2D eigenvalue weighted by Gasteiger charge is -2.14. The second-order valence-electron chi connectivity index (χ2n) is 4.22. The first-order chi connectivity index (χ1) is 9.51. The zero-order valence-electron chi connectivity index (χ0n) is 10.6. The van der Waals surface area contributed by atoms with Crippen LogP contribution in [0.5, 0.6) is 11.5 Å². The fraction of sp³-hybridized carbons (Fsp3) is 0.133. The molecule has 0 heterocycles. The molecular weight excluding hydrogens is 342 g/mol. The molecule has 0 fully saturated rings. The molecule has 0 bridgehead atoms. The number of aliphatic hydroxyl groups excluding tert-OH is 1. The number of halogens is 2. The fourth-order valence-electron chi connectivity index (χ4n) is 1.71. The Bertz CT molecular complexity index is 680. The first kappa shape index (κ1) is 14.9. The van der Waals surface area contributed by atoms with Crippen molar-refractivity contribution in [3.05, 3.63) is 57.0 Å². The van der Waals surface area contributed by atoms with Crippen molar-refractivity contribution in [3.63, 3.8) is 0 Å². The van der Waals surface area contributed by atoms with E-state index in [0.29, 0.717) is 27.6 Å². The molecule has 0 unspecified atom stereocenters. The number of ether oxygens (including phenoxy) is 1. The van der Waals surface area contributed by atoms with Gasteiger partial charge in [0.15, 0.2) is 0 Å². The monoisotopic (exact) mass is 351 g/mol. The van der Waals surface area contributed by atoms with E-state index in [1.807, 2.05) is 6.07 Å². The minimum Gasteiger partial charge on any atom is -0.455 e. The number of nitrogens with zero attached hydrogens (tertiary/aromatic N) is 1. The lowest BCUT2D eigenvalue weighted by atomic mass is 10.1. The minimum absolute atomic E-state index is 0.420. The molecule has 0 saturated carbocycles. The zero-order valence-corrected chi connectivity index (χ0v) is 12.9. The van der Waals surface area contributed by atoms with Gasteiger partial charge in [-0.25, -0.2) is 0 Å². The molecule has 0 amide bonds. The molecule has 0 spiro atoms. The van der Waals surface area contributed by atoms with Crippen molar-refractivity contribution in [2.75, 3.05) is 0 Å². The Morgan fingerprint density at radius 1 is 1.25 bits per heavy atom. The highest BCUT2D eigenvalue weighted by molar-refractivity contribution is 9.10. The molecule has 20 heavy (non-hydrogen) atoms. The van der Waals surface area contributed by atoms with Gasteiger partial charge in [-0.3, -0.25) is 0 Å². The summed E-state index contributed by atoms with van der Waals surface area (Å²) in [4.78, 5) is 0. The molecule has 0 aliphatic rings. The van der Waals surface area contributed by atoms with E-state index in [0.717, 1.165) is 4.47 Å². The van der Waals surface area contributed by atoms with Gasteiger partial charge < -0.3 is 9.84 Å². The molecule has 0 radical (unpaired) electrons. The summed E-state index contributed by atoms with van der Waals surface area (Å²) in [6.07, 6.45) is -0.702. The van der Waals surface area contributed by atoms with Gasteiger partial charge in [0.1, 0.15) is 11.5 Å². The van der Waals surface area contributed by atoms with Gasteiger partial charge in [-0.05, 0) is 37.3 Å². The highest BCUT2D eigenvalue weighted by atomic mass is 79.9. The molecule has 2 aromatic carbocycles. The average Bonchev–Trinajstić information content (AvgIpc) is 2.41. The highest BCUT2D eigenvalue weighted by Crippen LogP contribution is 2.35. The summed E-state index contributed by atoms with van der Waals surface area (Å²) in [6.45, 7) is 1.64. The Morgan fingerprint density at radius 2 is 2.00 bits per heavy atom. The van der Waals surface area contributed by atoms with Gasteiger partial charge in [-0.15, -0.1) is 0 Å². The van der Waals surface area contributed by atoms with E-state index in [-0.39, 0.29) is 0 Å². The first-order valence-electron chi connectivity index (χ1n) is 5.86. The number of hydrogen-bond acceptors (Lipinski definition) is 3. The van der Waals surface area contributed by atoms with Crippen molar-refractivity contribution in [2.24, 2.45) is 0 Å². The Labute approximate surface area is 130 Å². The Hall–Kier alpha value is -1.54. The fourth-order valence-corrected chi connectivity index (χ4v) is 2.43. The molecule has 0 saturated heterocycles. The summed E-state index contributed by atoms with van der Waals surface area (Å²) in [5.74, 6) is 0.884. The van der Waals surface area contributed by atoms with E-state index in [1.165, 1.54) is 0 Å². The third kappa shape index (κ3) is 3.31. The molecular formula is C15H11BrClNO2. The van der Waals surface area contributed by atoms with E-state index < -0.39 is 6.10 Å². The van der Waals surface area contributed by atoms with Crippen molar-refractivity contribution < 1.29 is 9.84 Å². The normalized spacial score (nSPS) is 11.8. The van der Waals surface area contributed by atoms with E-state index in [1.54, 1.807) is 43.3 Å². The maximum atomic E-state index is 9.76. The number of hydrogen-bond donors (Lipinski definition) is 1. The summed E-state index contributed by atoms with van der Waals surface area (Å²) < 4.78 is 6.58. The van der Waals surface area contributed by atoms with Gasteiger partial charge in [0, 0.05) is 10.0 Å². The number of aliphatic hydroxyl groups is 1. The van der Waals surface area contributed by atoms with Crippen LogP contribution < -0.4 is 4.74 Å². The molecule has 1 atom stereocenters. The summed E-state index contributed by atoms with van der Waals surface area (Å²) in [5, 5.41) is 19.1. The number of benzene rings is 2. The number of rotatable bonds is 3. The quantitative estimate of drug-likeness (QED) is 0.861. The van der Waals surface area contributed by atoms with Crippen molar-refractivity contribution in [1.82, 2.24) is 0 Å². The number of nitriles is 1. The minimum atomic E-state index is -0.702. The van der Waals surface area contributed by atoms with Crippen LogP contribution >= 0.6 is 27.5 Å². The third-order valence-corrected chi connectivity index (χ3v) is 3.50. The van der Waals surface area contributed by atoms with Gasteiger partial charge in [0.05, 0.1) is 22.8 Å². The third-order valence-electron chi connectivity index (χ3n) is 2.71. The van der Waals surface area contributed by atoms with E-state index in [9.17, 15) is 5.11 Å². The van der Waals surface area contributed by atoms with Gasteiger partial charge in [-0.2, -0.15) is 5.26 Å². The van der Waals surface area contributed by atoms with Crippen LogP contribution in [0, 0.1) is 11.3 Å². The second-order valence-corrected chi connectivity index (χ2v) is 5.54. The van der Waals surface area contributed by atoms with Gasteiger partial charge in [0.2, 0.25) is 0 Å². The summed E-state index contributed by atoms with van der Waals surface area (Å²) in [5.41, 5.74) is 1.06. The molecule has 0 aromatic heterocycles. The predicted octanol–water partition coefficient (Wildman–Crippen LogP) is 4.82. The molecule has 2 aromatic rings. The topological polar surface area (TPSA) is 53.2 Å². The van der Waals surface area contributed by atoms with Crippen molar-refractivity contribution in [1.29, 1.82) is 5.26 Å². The van der Waals surface area contributed by atoms with Crippen molar-refractivity contribution >= 4 is 27.5 Å². The SMILES string of the molecule is C[C@H](O)c1ccc(C#N)cc1Oc1ccc(Br)cc1Cl. The smallest absolute Gasteiger partial charge is 0.146 e. The standard InChI is InChI=1S/C15H11BrClNO2/c1-9(19)12-4-2-10(8-18)6-15(12)20-14-5-3-11(16)7-13(14)17/h2-7,9,19H,1H3/t9-/m0/s1. The van der Waals surface area contributed by atoms with E-state index >= 15 is 0 Å². The Balaban J connectivity index is 2.43. The van der Waals surface area contributed by atoms with Crippen LogP contribution in [0.25, 0.3) is 0 Å². The van der Waals surface area contributed by atoms with Crippen LogP contribution in [0.1, 0.15) is 24.2 Å². The van der Waals surface area contributed by atoms with Crippen LogP contribution in [0.2, 0.25) is 5.02 Å². The molecule has 0 aliphatic heterocycles. The van der Waals surface area contributed by atoms with Crippen molar-refractivity contribution in [2.45, 2.75) is 13.0 Å². The lowest BCUT2D eigenvalue weighted by molar-refractivity contribution is 0.195. The predicted molar refractivity (Wildman–Crippen MR) is 81.0 cm³/mol. The van der Waals surface area contributed by atoms with Crippen LogP contribution in [-0.2, 0) is 0 Å². The summed E-state index contributed by atoms with van der Waals surface area (Å²) in [6, 6.07) is 12.2. The Morgan fingerprint density at radius 3 is 2.60 bits per heavy atom. The molecule has 5 heteroatoms. The molecule has 102 valence electrons. The van der Waals surface area contributed by atoms with Gasteiger partial charge in [-0.1, -0.05) is 33.6 Å². The lowest BCUT2D eigenvalue weighted by Crippen LogP contribution is -1.97. The molecule has 2 rings (SSSR count). The Kier molecular flexibility index (Phi) is 4.66. The van der Waals surface area contributed by atoms with Gasteiger partial charge >= 0.3 is 0 Å². The van der Waals surface area contributed by atoms with Crippen LogP contribution in [-0.4, -0.2) is 5.11 Å². The maximum Gasteiger partial charge on any atom is 0.146 e. The van der Waals surface area contributed by atoms with Crippen LogP contribution in [0.15, 0.2) is 40.9 Å². The summed E-state index contributed by atoms with van der Waals surface area (Å²) in [7, 11) is 0. The highest BCUT2D eigenvalue weighted by Gasteiger charge is 2.13. The molecule has 0 aliphatic carbocycles. The van der Waals surface area contributed by atoms with Crippen LogP contribution in [0.4, 0.5) is 0 Å². The van der Waals surface area contributed by atoms with E-state index in [4.69, 9.17) is 21.6 Å². The van der Waals surface area contributed by atoms with Gasteiger partial charge in [0.25, 0.3) is 0 Å². The average molecular weight is 353 g/mol. The summed E-state index contributed by atoms with van der Waals surface area (Å²) >= 11 is 9.42. The molecule has 3 nitrogen and oxygen atoms in total. The second kappa shape index (κ2) is 6.27. The first-order valence-corrected chi connectivity index (χ1v) is 7.03. The molecule has 1 N–H and O–H groups in total. The van der Waals surface area contributed by atoms with E-state index in [2.05, 4.69) is 15.9 Å².